The van der Waals surface area contributed by atoms with Gasteiger partial charge in [-0.3, -0.25) is 0 Å². The summed E-state index contributed by atoms with van der Waals surface area (Å²) in [6, 6.07) is 13.4. The van der Waals surface area contributed by atoms with Crippen LogP contribution in [0.25, 0.3) is 10.8 Å². The van der Waals surface area contributed by atoms with Gasteiger partial charge in [0.15, 0.2) is 0 Å². The summed E-state index contributed by atoms with van der Waals surface area (Å²) in [5.41, 5.74) is 0.589. The number of carbonyl (C=O) groups is 1. The van der Waals surface area contributed by atoms with E-state index in [-0.39, 0.29) is 5.97 Å². The molecule has 4 nitrogen and oxygen atoms in total. The van der Waals surface area contributed by atoms with Gasteiger partial charge in [-0.05, 0) is 22.9 Å². The quantitative estimate of drug-likeness (QED) is 0.565. The van der Waals surface area contributed by atoms with Crippen LogP contribution in [0.2, 0.25) is 0 Å². The maximum Gasteiger partial charge on any atom is 0.432 e. The fourth-order valence-corrected chi connectivity index (χ4v) is 1.43. The van der Waals surface area contributed by atoms with Crippen molar-refractivity contribution in [2.45, 2.75) is 0 Å². The zero-order valence-electron chi connectivity index (χ0n) is 9.46. The first kappa shape index (κ1) is 13.2. The highest BCUT2D eigenvalue weighted by molar-refractivity contribution is 6.13. The van der Waals surface area contributed by atoms with E-state index in [1.165, 1.54) is 7.11 Å². The van der Waals surface area contributed by atoms with Crippen LogP contribution in [-0.4, -0.2) is 30.8 Å². The summed E-state index contributed by atoms with van der Waals surface area (Å²) in [5.74, 6) is -0.296. The molecule has 0 spiro atoms. The number of rotatable bonds is 1. The van der Waals surface area contributed by atoms with Gasteiger partial charge in [0.05, 0.1) is 12.7 Å². The molecule has 0 bridgehead atoms. The summed E-state index contributed by atoms with van der Waals surface area (Å²) >= 11 is 0. The van der Waals surface area contributed by atoms with Crippen LogP contribution < -0.4 is 0 Å². The number of benzene rings is 2. The molecular weight excluding hydrogens is 219 g/mol. The summed E-state index contributed by atoms with van der Waals surface area (Å²) in [7, 11) is 0.636. The van der Waals surface area contributed by atoms with E-state index in [1.807, 2.05) is 36.4 Å². The Bertz CT molecular complexity index is 499. The lowest BCUT2D eigenvalue weighted by atomic mass is 10.1. The van der Waals surface area contributed by atoms with Crippen molar-refractivity contribution < 1.29 is 19.6 Å². The molecule has 0 aliphatic carbocycles. The standard InChI is InChI=1S/C12H10O2.BH3O2/c1-14-12(13)11-7-6-9-4-2-3-5-10(9)8-11;2-1-3/h2-8H,1H3;1-3H. The molecular formula is C12H13BO4. The molecule has 5 heteroatoms. The van der Waals surface area contributed by atoms with Gasteiger partial charge in [0.1, 0.15) is 0 Å². The first-order chi connectivity index (χ1) is 8.22. The fourth-order valence-electron chi connectivity index (χ4n) is 1.43. The maximum atomic E-state index is 11.2. The Morgan fingerprint density at radius 3 is 2.29 bits per heavy atom. The highest BCUT2D eigenvalue weighted by Gasteiger charge is 2.04. The molecule has 0 atom stereocenters. The largest absolute Gasteiger partial charge is 0.465 e. The molecule has 0 saturated heterocycles. The second-order valence-corrected chi connectivity index (χ2v) is 3.19. The number of hydrogen-bond donors (Lipinski definition) is 2. The van der Waals surface area contributed by atoms with E-state index in [0.717, 1.165) is 10.8 Å². The molecule has 0 amide bonds. The van der Waals surface area contributed by atoms with Gasteiger partial charge in [-0.25, -0.2) is 4.79 Å². The molecule has 0 fully saturated rings. The minimum absolute atomic E-state index is 0.296. The van der Waals surface area contributed by atoms with E-state index in [9.17, 15) is 4.79 Å². The van der Waals surface area contributed by atoms with E-state index >= 15 is 0 Å². The first-order valence-corrected chi connectivity index (χ1v) is 5.01. The molecule has 2 aromatic carbocycles. The number of carbonyl (C=O) groups excluding carboxylic acids is 1. The van der Waals surface area contributed by atoms with Gasteiger partial charge < -0.3 is 14.8 Å². The normalized spacial score (nSPS) is 9.12. The van der Waals surface area contributed by atoms with Gasteiger partial charge >= 0.3 is 13.7 Å². The second kappa shape index (κ2) is 6.68. The molecule has 0 aromatic heterocycles. The van der Waals surface area contributed by atoms with Crippen LogP contribution >= 0.6 is 0 Å². The summed E-state index contributed by atoms with van der Waals surface area (Å²) in [6.45, 7) is 0. The number of fused-ring (bicyclic) bond motifs is 1. The minimum atomic E-state index is -0.750. The van der Waals surface area contributed by atoms with Crippen molar-refractivity contribution in [3.63, 3.8) is 0 Å². The third-order valence-electron chi connectivity index (χ3n) is 2.17. The number of methoxy groups -OCH3 is 1. The van der Waals surface area contributed by atoms with Crippen molar-refractivity contribution in [1.82, 2.24) is 0 Å². The van der Waals surface area contributed by atoms with Crippen molar-refractivity contribution in [3.8, 4) is 0 Å². The Morgan fingerprint density at radius 1 is 1.12 bits per heavy atom. The van der Waals surface area contributed by atoms with Crippen LogP contribution in [0.4, 0.5) is 0 Å². The zero-order valence-corrected chi connectivity index (χ0v) is 9.46. The van der Waals surface area contributed by atoms with Crippen LogP contribution in [-0.2, 0) is 4.74 Å². The molecule has 0 aliphatic rings. The highest BCUT2D eigenvalue weighted by Crippen LogP contribution is 2.15. The average Bonchev–Trinajstić information content (AvgIpc) is 2.38. The van der Waals surface area contributed by atoms with Crippen LogP contribution in [0, 0.1) is 0 Å². The Morgan fingerprint density at radius 2 is 1.71 bits per heavy atom. The lowest BCUT2D eigenvalue weighted by Gasteiger charge is -2.01. The molecule has 0 aliphatic heterocycles. The lowest BCUT2D eigenvalue weighted by molar-refractivity contribution is 0.0601. The molecule has 0 unspecified atom stereocenters. The third kappa shape index (κ3) is 3.58. The maximum absolute atomic E-state index is 11.2. The molecule has 0 radical (unpaired) electrons. The van der Waals surface area contributed by atoms with E-state index in [0.29, 0.717) is 5.56 Å². The Kier molecular flexibility index (Phi) is 5.19. The van der Waals surface area contributed by atoms with Crippen molar-refractivity contribution in [2.75, 3.05) is 7.11 Å². The molecule has 0 heterocycles. The number of ether oxygens (including phenoxy) is 1. The zero-order chi connectivity index (χ0) is 12.7. The summed E-state index contributed by atoms with van der Waals surface area (Å²) in [5, 5.41) is 16.4. The summed E-state index contributed by atoms with van der Waals surface area (Å²) in [6.07, 6.45) is 0. The minimum Gasteiger partial charge on any atom is -0.465 e. The molecule has 17 heavy (non-hydrogen) atoms. The molecule has 88 valence electrons. The third-order valence-corrected chi connectivity index (χ3v) is 2.17. The van der Waals surface area contributed by atoms with Crippen LogP contribution in [0.3, 0.4) is 0 Å². The molecule has 2 N–H and O–H groups in total. The van der Waals surface area contributed by atoms with Crippen LogP contribution in [0.5, 0.6) is 0 Å². The van der Waals surface area contributed by atoms with Crippen LogP contribution in [0.1, 0.15) is 10.4 Å². The fraction of sp³-hybridized carbons (Fsp3) is 0.0833. The topological polar surface area (TPSA) is 66.8 Å². The average molecular weight is 232 g/mol. The first-order valence-electron chi connectivity index (χ1n) is 5.01. The summed E-state index contributed by atoms with van der Waals surface area (Å²) < 4.78 is 4.65. The molecule has 2 rings (SSSR count). The van der Waals surface area contributed by atoms with E-state index in [4.69, 9.17) is 10.0 Å². The van der Waals surface area contributed by atoms with Gasteiger partial charge in [0, 0.05) is 0 Å². The van der Waals surface area contributed by atoms with Gasteiger partial charge in [-0.15, -0.1) is 0 Å². The van der Waals surface area contributed by atoms with E-state index < -0.39 is 7.69 Å². The Hall–Kier alpha value is -1.85. The lowest BCUT2D eigenvalue weighted by Crippen LogP contribution is -2.00. The predicted molar refractivity (Wildman–Crippen MR) is 66.9 cm³/mol. The predicted octanol–water partition coefficient (Wildman–Crippen LogP) is 0.864. The van der Waals surface area contributed by atoms with E-state index in [2.05, 4.69) is 4.74 Å². The smallest absolute Gasteiger partial charge is 0.432 e. The van der Waals surface area contributed by atoms with Crippen molar-refractivity contribution in [3.05, 3.63) is 48.0 Å². The Labute approximate surface area is 99.8 Å². The summed E-state index contributed by atoms with van der Waals surface area (Å²) in [4.78, 5) is 11.2. The van der Waals surface area contributed by atoms with Gasteiger partial charge in [0.2, 0.25) is 0 Å². The van der Waals surface area contributed by atoms with Crippen LogP contribution in [0.15, 0.2) is 42.5 Å². The SMILES string of the molecule is COC(=O)c1ccc2ccccc2c1.OBO. The number of esters is 1. The van der Waals surface area contributed by atoms with Crippen molar-refractivity contribution >= 4 is 24.4 Å². The van der Waals surface area contributed by atoms with Crippen molar-refractivity contribution in [1.29, 1.82) is 0 Å². The highest BCUT2D eigenvalue weighted by atomic mass is 16.5. The number of hydrogen-bond acceptors (Lipinski definition) is 4. The Balaban J connectivity index is 0.000000437. The van der Waals surface area contributed by atoms with Gasteiger partial charge in [-0.2, -0.15) is 0 Å². The van der Waals surface area contributed by atoms with Gasteiger partial charge in [0.25, 0.3) is 0 Å². The van der Waals surface area contributed by atoms with Crippen molar-refractivity contribution in [2.24, 2.45) is 0 Å². The van der Waals surface area contributed by atoms with Gasteiger partial charge in [-0.1, -0.05) is 30.3 Å². The molecule has 2 aromatic rings. The molecule has 0 saturated carbocycles. The second-order valence-electron chi connectivity index (χ2n) is 3.19. The van der Waals surface area contributed by atoms with E-state index in [1.54, 1.807) is 6.07 Å². The monoisotopic (exact) mass is 232 g/mol.